The fraction of sp³-hybridized carbons (Fsp3) is 0. The summed E-state index contributed by atoms with van der Waals surface area (Å²) >= 11 is 0. The van der Waals surface area contributed by atoms with Gasteiger partial charge in [0.05, 0.1) is 0 Å². The van der Waals surface area contributed by atoms with Crippen molar-refractivity contribution in [3.05, 3.63) is 0 Å². The maximum Gasteiger partial charge on any atom is 2.00 e. The van der Waals surface area contributed by atoms with Crippen molar-refractivity contribution in [2.75, 3.05) is 0 Å². The van der Waals surface area contributed by atoms with Gasteiger partial charge >= 0.3 is 86.2 Å². The largest absolute Gasteiger partial charge is 2.00 e. The van der Waals surface area contributed by atoms with Crippen molar-refractivity contribution in [1.82, 2.24) is 0 Å². The van der Waals surface area contributed by atoms with Gasteiger partial charge in [-0.15, -0.1) is 0 Å². The van der Waals surface area contributed by atoms with E-state index in [0.29, 0.717) is 0 Å². The van der Waals surface area contributed by atoms with E-state index in [1.807, 2.05) is 0 Å². The Hall–Kier alpha value is 2.58. The Morgan fingerprint density at radius 2 is 0.571 bits per heavy atom. The SMILES string of the molecule is [Ca+2].[F-].[F-].[F-].[F-].[Li+].[Na+]. The molecule has 0 aliphatic carbocycles. The molecule has 0 nitrogen and oxygen atoms in total. The molecule has 0 aromatic carbocycles. The van der Waals surface area contributed by atoms with Crippen LogP contribution in [0.2, 0.25) is 0 Å². The Balaban J connectivity index is 0. The van der Waals surface area contributed by atoms with Crippen molar-refractivity contribution < 1.29 is 67.2 Å². The summed E-state index contributed by atoms with van der Waals surface area (Å²) in [6.07, 6.45) is 0. The van der Waals surface area contributed by atoms with Crippen molar-refractivity contribution in [1.29, 1.82) is 0 Å². The molecular formula is CaF4LiNa. The van der Waals surface area contributed by atoms with E-state index in [1.54, 1.807) is 0 Å². The van der Waals surface area contributed by atoms with Gasteiger partial charge in [0.25, 0.3) is 0 Å². The van der Waals surface area contributed by atoms with Gasteiger partial charge in [-0.05, 0) is 0 Å². The molecule has 0 aromatic heterocycles. The van der Waals surface area contributed by atoms with Crippen LogP contribution in [0.3, 0.4) is 0 Å². The predicted octanol–water partition coefficient (Wildman–Crippen LogP) is -18.4. The van der Waals surface area contributed by atoms with Gasteiger partial charge in [0.2, 0.25) is 0 Å². The average Bonchev–Trinajstić information content (AvgIpc) is 0. The van der Waals surface area contributed by atoms with Crippen molar-refractivity contribution in [3.8, 4) is 0 Å². The van der Waals surface area contributed by atoms with Gasteiger partial charge in [-0.1, -0.05) is 0 Å². The number of hydrogen-bond acceptors (Lipinski definition) is 0. The van der Waals surface area contributed by atoms with Crippen molar-refractivity contribution in [2.24, 2.45) is 0 Å². The Morgan fingerprint density at radius 1 is 0.571 bits per heavy atom. The average molecular weight is 146 g/mol. The molecule has 0 heterocycles. The molecule has 7 heteroatoms. The van der Waals surface area contributed by atoms with E-state index in [9.17, 15) is 0 Å². The van der Waals surface area contributed by atoms with E-state index in [0.717, 1.165) is 0 Å². The van der Waals surface area contributed by atoms with Gasteiger partial charge in [-0.25, -0.2) is 0 Å². The van der Waals surface area contributed by atoms with Gasteiger partial charge in [-0.3, -0.25) is 0 Å². The molecule has 0 N–H and O–H groups in total. The molecule has 0 fully saturated rings. The normalized spacial score (nSPS) is 0. The molecule has 0 amide bonds. The molecule has 0 radical (unpaired) electrons. The molecule has 0 saturated carbocycles. The summed E-state index contributed by atoms with van der Waals surface area (Å²) in [6, 6.07) is 0. The second-order valence-electron chi connectivity index (χ2n) is 0. The number of rotatable bonds is 0. The van der Waals surface area contributed by atoms with Crippen LogP contribution >= 0.6 is 0 Å². The Labute approximate surface area is 103 Å². The summed E-state index contributed by atoms with van der Waals surface area (Å²) in [4.78, 5) is 0. The molecule has 0 aromatic rings. The van der Waals surface area contributed by atoms with E-state index in [1.165, 1.54) is 0 Å². The van der Waals surface area contributed by atoms with E-state index < -0.39 is 0 Å². The Bertz CT molecular complexity index is 11.7. The molecular weight excluding hydrogens is 146 g/mol. The molecule has 0 rings (SSSR count). The predicted molar refractivity (Wildman–Crippen MR) is 5.75 cm³/mol. The first-order valence-electron chi connectivity index (χ1n) is 0. The number of halogens is 4. The third kappa shape index (κ3) is 55.9. The smallest absolute Gasteiger partial charge is 1.00 e. The third-order valence-corrected chi connectivity index (χ3v) is 0. The number of hydrogen-bond donors (Lipinski definition) is 0. The summed E-state index contributed by atoms with van der Waals surface area (Å²) < 4.78 is 0. The second kappa shape index (κ2) is 74.1. The Kier molecular flexibility index (Phi) is 1120. The molecule has 0 unspecified atom stereocenters. The maximum atomic E-state index is 0. The second-order valence-corrected chi connectivity index (χ2v) is 0. The fourth-order valence-corrected chi connectivity index (χ4v) is 0. The van der Waals surface area contributed by atoms with Crippen molar-refractivity contribution in [3.63, 3.8) is 0 Å². The van der Waals surface area contributed by atoms with Crippen LogP contribution < -0.4 is 67.2 Å². The van der Waals surface area contributed by atoms with Gasteiger partial charge in [-0.2, -0.15) is 0 Å². The summed E-state index contributed by atoms with van der Waals surface area (Å²) in [6.45, 7) is 0. The van der Waals surface area contributed by atoms with Crippen LogP contribution in [0, 0.1) is 0 Å². The van der Waals surface area contributed by atoms with E-state index in [-0.39, 0.29) is 105 Å². The molecule has 0 saturated heterocycles. The summed E-state index contributed by atoms with van der Waals surface area (Å²) in [5.41, 5.74) is 0. The third-order valence-electron chi connectivity index (χ3n) is 0. The molecule has 7 heavy (non-hydrogen) atoms. The van der Waals surface area contributed by atoms with Gasteiger partial charge in [0.1, 0.15) is 0 Å². The molecule has 0 aliphatic rings. The molecule has 32 valence electrons. The molecule has 0 atom stereocenters. The van der Waals surface area contributed by atoms with Gasteiger partial charge in [0, 0.05) is 0 Å². The van der Waals surface area contributed by atoms with Gasteiger partial charge < -0.3 is 18.8 Å². The monoisotopic (exact) mass is 146 g/mol. The first-order chi connectivity index (χ1) is 0. The summed E-state index contributed by atoms with van der Waals surface area (Å²) in [5.74, 6) is 0. The van der Waals surface area contributed by atoms with Crippen LogP contribution in [0.4, 0.5) is 0 Å². The topological polar surface area (TPSA) is 0 Å². The first-order valence-corrected chi connectivity index (χ1v) is 0. The van der Waals surface area contributed by atoms with Crippen molar-refractivity contribution >= 4 is 37.7 Å². The minimum absolute atomic E-state index is 0. The standard InChI is InChI=1S/Ca.4FH.Li.Na/h;4*1H;;/q+2;;;;;2*+1/p-4. The minimum atomic E-state index is 0. The molecule has 0 bridgehead atoms. The zero-order chi connectivity index (χ0) is 0. The fourth-order valence-electron chi connectivity index (χ4n) is 0. The van der Waals surface area contributed by atoms with Crippen molar-refractivity contribution in [2.45, 2.75) is 0 Å². The maximum absolute atomic E-state index is 0. The van der Waals surface area contributed by atoms with E-state index >= 15 is 0 Å². The van der Waals surface area contributed by atoms with E-state index in [4.69, 9.17) is 0 Å². The minimum Gasteiger partial charge on any atom is -1.00 e. The summed E-state index contributed by atoms with van der Waals surface area (Å²) in [5, 5.41) is 0. The zero-order valence-corrected chi connectivity index (χ0v) is 8.43. The summed E-state index contributed by atoms with van der Waals surface area (Å²) in [7, 11) is 0. The quantitative estimate of drug-likeness (QED) is 0.235. The molecule has 0 spiro atoms. The van der Waals surface area contributed by atoms with Crippen LogP contribution in [0.5, 0.6) is 0 Å². The van der Waals surface area contributed by atoms with Crippen LogP contribution in [0.1, 0.15) is 0 Å². The molecule has 0 aliphatic heterocycles. The van der Waals surface area contributed by atoms with E-state index in [2.05, 4.69) is 0 Å². The van der Waals surface area contributed by atoms with Crippen LogP contribution in [0.25, 0.3) is 0 Å². The first kappa shape index (κ1) is 106. The zero-order valence-electron chi connectivity index (χ0n) is 4.22. The van der Waals surface area contributed by atoms with Gasteiger partial charge in [0.15, 0.2) is 0 Å². The Morgan fingerprint density at radius 3 is 0.571 bits per heavy atom. The van der Waals surface area contributed by atoms with Crippen LogP contribution in [-0.2, 0) is 0 Å². The van der Waals surface area contributed by atoms with Crippen LogP contribution in [-0.4, -0.2) is 37.7 Å². The van der Waals surface area contributed by atoms with Crippen LogP contribution in [0.15, 0.2) is 0 Å².